The topological polar surface area (TPSA) is 50.4 Å². The maximum Gasteiger partial charge on any atom is 0.129 e. The first-order valence-corrected chi connectivity index (χ1v) is 12.1. The van der Waals surface area contributed by atoms with Crippen molar-refractivity contribution in [1.82, 2.24) is 5.32 Å². The van der Waals surface area contributed by atoms with E-state index in [9.17, 15) is 0 Å². The van der Waals surface area contributed by atoms with Crippen LogP contribution in [0.1, 0.15) is 38.1 Å². The summed E-state index contributed by atoms with van der Waals surface area (Å²) in [5.41, 5.74) is 13.3. The summed E-state index contributed by atoms with van der Waals surface area (Å²) in [6.45, 7) is 6.71. The predicted molar refractivity (Wildman–Crippen MR) is 151 cm³/mol. The van der Waals surface area contributed by atoms with E-state index in [2.05, 4.69) is 78.1 Å². The highest BCUT2D eigenvalue weighted by atomic mass is 15.1. The molecule has 0 aliphatic heterocycles. The summed E-state index contributed by atoms with van der Waals surface area (Å²) in [4.78, 5) is 4.70. The Kier molecular flexibility index (Phi) is 10.0. The van der Waals surface area contributed by atoms with Gasteiger partial charge in [0.1, 0.15) is 12.0 Å². The van der Waals surface area contributed by atoms with Crippen LogP contribution < -0.4 is 11.1 Å². The number of rotatable bonds is 6. The molecule has 0 saturated carbocycles. The van der Waals surface area contributed by atoms with Gasteiger partial charge in [0.25, 0.3) is 0 Å². The van der Waals surface area contributed by atoms with E-state index in [1.165, 1.54) is 11.1 Å². The van der Waals surface area contributed by atoms with Crippen LogP contribution in [0.4, 0.5) is 0 Å². The first-order valence-electron chi connectivity index (χ1n) is 12.1. The Labute approximate surface area is 210 Å². The van der Waals surface area contributed by atoms with Crippen molar-refractivity contribution in [3.05, 3.63) is 132 Å². The number of hydrogen-bond donors (Lipinski definition) is 2. The third kappa shape index (κ3) is 7.53. The van der Waals surface area contributed by atoms with Gasteiger partial charge in [-0.1, -0.05) is 109 Å². The summed E-state index contributed by atoms with van der Waals surface area (Å²) in [6, 6.07) is 37.4. The van der Waals surface area contributed by atoms with Gasteiger partial charge < -0.3 is 11.1 Å². The number of allylic oxidation sites excluding steroid dienone is 2. The molecule has 3 N–H and O–H groups in total. The van der Waals surface area contributed by atoms with Gasteiger partial charge >= 0.3 is 0 Å². The van der Waals surface area contributed by atoms with E-state index in [-0.39, 0.29) is 6.17 Å². The summed E-state index contributed by atoms with van der Waals surface area (Å²) >= 11 is 0. The molecule has 0 aliphatic rings. The minimum absolute atomic E-state index is 0.366. The Morgan fingerprint density at radius 2 is 1.23 bits per heavy atom. The summed E-state index contributed by atoms with van der Waals surface area (Å²) < 4.78 is 0. The van der Waals surface area contributed by atoms with Gasteiger partial charge in [0, 0.05) is 12.1 Å². The summed E-state index contributed by atoms with van der Waals surface area (Å²) in [5.74, 6) is 0.804. The van der Waals surface area contributed by atoms with Gasteiger partial charge in [0.05, 0.1) is 0 Å². The number of nitrogens with two attached hydrogens (primary N) is 1. The Morgan fingerprint density at radius 1 is 0.714 bits per heavy atom. The molecule has 35 heavy (non-hydrogen) atoms. The molecule has 1 unspecified atom stereocenters. The number of benzene rings is 4. The van der Waals surface area contributed by atoms with Crippen LogP contribution in [0.3, 0.4) is 0 Å². The van der Waals surface area contributed by atoms with Crippen LogP contribution in [0.25, 0.3) is 22.3 Å². The maximum absolute atomic E-state index is 6.57. The Balaban J connectivity index is 0.000000795. The molecule has 178 valence electrons. The molecule has 3 nitrogen and oxygen atoms in total. The minimum Gasteiger partial charge on any atom is -0.351 e. The van der Waals surface area contributed by atoms with Crippen LogP contribution >= 0.6 is 0 Å². The Bertz CT molecular complexity index is 1220. The second-order valence-electron chi connectivity index (χ2n) is 8.05. The lowest BCUT2D eigenvalue weighted by atomic mass is 10.0. The predicted octanol–water partition coefficient (Wildman–Crippen LogP) is 7.62. The molecule has 0 aromatic heterocycles. The monoisotopic (exact) mass is 461 g/mol. The van der Waals surface area contributed by atoms with Gasteiger partial charge in [-0.2, -0.15) is 0 Å². The van der Waals surface area contributed by atoms with E-state index < -0.39 is 0 Å². The number of aliphatic imine (C=N–C) groups is 1. The molecule has 0 bridgehead atoms. The lowest BCUT2D eigenvalue weighted by Crippen LogP contribution is -2.35. The zero-order valence-electron chi connectivity index (χ0n) is 20.9. The van der Waals surface area contributed by atoms with Gasteiger partial charge in [-0.15, -0.1) is 0 Å². The lowest BCUT2D eigenvalue weighted by molar-refractivity contribution is 0.680. The van der Waals surface area contributed by atoms with Crippen molar-refractivity contribution < 1.29 is 0 Å². The summed E-state index contributed by atoms with van der Waals surface area (Å²) in [5, 5.41) is 3.44. The van der Waals surface area contributed by atoms with Crippen LogP contribution in [0.15, 0.2) is 126 Å². The standard InChI is InChI=1S/C28H27N3.C4H8/c1-2-30-28(26-18-10-16-24(20-26)22-13-7-4-8-14-22)31-27(29)25-17-9-15-23(19-25)21-11-5-3-6-12-21;1-3-4-2/h3-20,27H,2,29H2,1H3,(H,30,31);3-4H,1-2H3/b;4-3-. The molecule has 3 heteroatoms. The smallest absolute Gasteiger partial charge is 0.129 e. The number of amidine groups is 1. The normalized spacial score (nSPS) is 12.1. The average Bonchev–Trinajstić information content (AvgIpc) is 2.94. The maximum atomic E-state index is 6.57. The van der Waals surface area contributed by atoms with Gasteiger partial charge in [0.15, 0.2) is 0 Å². The number of nitrogens with one attached hydrogen (secondary N) is 1. The lowest BCUT2D eigenvalue weighted by Gasteiger charge is -2.19. The summed E-state index contributed by atoms with van der Waals surface area (Å²) in [7, 11) is 0. The van der Waals surface area contributed by atoms with Crippen LogP contribution in [0.2, 0.25) is 0 Å². The zero-order chi connectivity index (χ0) is 24.9. The highest BCUT2D eigenvalue weighted by Gasteiger charge is 2.12. The van der Waals surface area contributed by atoms with Crippen molar-refractivity contribution in [2.24, 2.45) is 10.7 Å². The van der Waals surface area contributed by atoms with Gasteiger partial charge in [-0.3, -0.25) is 4.99 Å². The van der Waals surface area contributed by atoms with Crippen molar-refractivity contribution in [3.63, 3.8) is 0 Å². The molecule has 0 heterocycles. The highest BCUT2D eigenvalue weighted by molar-refractivity contribution is 6.00. The molecular weight excluding hydrogens is 426 g/mol. The van der Waals surface area contributed by atoms with Crippen molar-refractivity contribution in [2.75, 3.05) is 6.54 Å². The fourth-order valence-corrected chi connectivity index (χ4v) is 3.63. The molecular formula is C32H35N3. The third-order valence-electron chi connectivity index (χ3n) is 5.54. The second kappa shape index (κ2) is 13.7. The molecule has 0 spiro atoms. The zero-order valence-corrected chi connectivity index (χ0v) is 20.9. The third-order valence-corrected chi connectivity index (χ3v) is 5.54. The van der Waals surface area contributed by atoms with Crippen LogP contribution in [-0.4, -0.2) is 12.4 Å². The van der Waals surface area contributed by atoms with Crippen molar-refractivity contribution in [1.29, 1.82) is 0 Å². The van der Waals surface area contributed by atoms with Crippen LogP contribution in [0.5, 0.6) is 0 Å². The van der Waals surface area contributed by atoms with E-state index in [0.717, 1.165) is 28.1 Å². The molecule has 0 amide bonds. The van der Waals surface area contributed by atoms with Crippen LogP contribution in [-0.2, 0) is 0 Å². The fourth-order valence-electron chi connectivity index (χ4n) is 3.63. The van der Waals surface area contributed by atoms with Gasteiger partial charge in [-0.25, -0.2) is 0 Å². The largest absolute Gasteiger partial charge is 0.351 e. The van der Waals surface area contributed by atoms with E-state index >= 15 is 0 Å². The average molecular weight is 462 g/mol. The minimum atomic E-state index is -0.366. The SMILES string of the molecule is C/C=C\C.CCN=C(NC(N)c1cccc(-c2ccccc2)c1)c1cccc(-c2ccccc2)c1. The Hall–Kier alpha value is -3.95. The molecule has 1 atom stereocenters. The van der Waals surface area contributed by atoms with Crippen molar-refractivity contribution in [3.8, 4) is 22.3 Å². The van der Waals surface area contributed by atoms with E-state index in [4.69, 9.17) is 10.7 Å². The fraction of sp³-hybridized carbons (Fsp3) is 0.156. The molecule has 4 aromatic carbocycles. The molecule has 0 saturated heterocycles. The molecule has 0 aliphatic carbocycles. The highest BCUT2D eigenvalue weighted by Crippen LogP contribution is 2.23. The first kappa shape index (κ1) is 25.7. The van der Waals surface area contributed by atoms with Crippen LogP contribution in [0, 0.1) is 0 Å². The first-order chi connectivity index (χ1) is 17.2. The van der Waals surface area contributed by atoms with Gasteiger partial charge in [0.2, 0.25) is 0 Å². The van der Waals surface area contributed by atoms with Crippen molar-refractivity contribution >= 4 is 5.84 Å². The molecule has 0 radical (unpaired) electrons. The summed E-state index contributed by atoms with van der Waals surface area (Å²) in [6.07, 6.45) is 3.63. The van der Waals surface area contributed by atoms with E-state index in [1.54, 1.807) is 0 Å². The molecule has 4 aromatic rings. The quantitative estimate of drug-likeness (QED) is 0.134. The molecule has 4 rings (SSSR count). The number of hydrogen-bond acceptors (Lipinski definition) is 2. The van der Waals surface area contributed by atoms with Crippen molar-refractivity contribution in [2.45, 2.75) is 26.9 Å². The second-order valence-corrected chi connectivity index (χ2v) is 8.05. The van der Waals surface area contributed by atoms with E-state index in [0.29, 0.717) is 6.54 Å². The van der Waals surface area contributed by atoms with Gasteiger partial charge in [-0.05, 0) is 60.7 Å². The van der Waals surface area contributed by atoms with E-state index in [1.807, 2.05) is 69.3 Å². The number of nitrogens with zero attached hydrogens (tertiary/aromatic N) is 1. The Morgan fingerprint density at radius 3 is 1.77 bits per heavy atom. The molecule has 0 fully saturated rings.